The molecule has 82 valence electrons. The van der Waals surface area contributed by atoms with Crippen LogP contribution in [-0.4, -0.2) is 18.6 Å². The summed E-state index contributed by atoms with van der Waals surface area (Å²) >= 11 is 0. The number of carbonyl (C=O) groups is 1. The van der Waals surface area contributed by atoms with Crippen molar-refractivity contribution in [1.29, 1.82) is 0 Å². The van der Waals surface area contributed by atoms with E-state index in [1.165, 1.54) is 27.0 Å². The highest BCUT2D eigenvalue weighted by molar-refractivity contribution is 5.90. The molecule has 2 nitrogen and oxygen atoms in total. The van der Waals surface area contributed by atoms with Gasteiger partial charge in [-0.05, 0) is 19.8 Å². The summed E-state index contributed by atoms with van der Waals surface area (Å²) in [6.45, 7) is 6.62. The zero-order valence-electron chi connectivity index (χ0n) is 9.56. The zero-order valence-corrected chi connectivity index (χ0v) is 9.56. The van der Waals surface area contributed by atoms with Crippen LogP contribution in [-0.2, 0) is 9.53 Å². The van der Waals surface area contributed by atoms with Crippen LogP contribution >= 0.6 is 0 Å². The molecule has 0 rings (SSSR count). The Morgan fingerprint density at radius 1 is 1.50 bits per heavy atom. The summed E-state index contributed by atoms with van der Waals surface area (Å²) in [5, 5.41) is 0. The number of allylic oxidation sites excluding steroid dienone is 2. The Morgan fingerprint density at radius 3 is 2.29 bits per heavy atom. The summed E-state index contributed by atoms with van der Waals surface area (Å²) in [5.74, 6) is 0.269. The molecule has 0 amide bonds. The molecule has 0 saturated heterocycles. The van der Waals surface area contributed by atoms with E-state index in [0.717, 1.165) is 0 Å². The molecule has 0 aromatic rings. The number of ether oxygens (including phenoxy) is 1. The van der Waals surface area contributed by atoms with Crippen LogP contribution in [0.4, 0.5) is 4.39 Å². The molecule has 0 N–H and O–H groups in total. The van der Waals surface area contributed by atoms with E-state index in [1.807, 2.05) is 13.8 Å². The molecule has 0 aromatic heterocycles. The number of carbonyl (C=O) groups excluding carboxylic acids is 1. The fourth-order valence-electron chi connectivity index (χ4n) is 1.08. The van der Waals surface area contributed by atoms with E-state index in [-0.39, 0.29) is 17.5 Å². The molecule has 0 aliphatic carbocycles. The van der Waals surface area contributed by atoms with Gasteiger partial charge in [-0.25, -0.2) is 4.39 Å². The Hall–Kier alpha value is -0.860. The first-order valence-electron chi connectivity index (χ1n) is 4.75. The molecule has 0 aliphatic heterocycles. The van der Waals surface area contributed by atoms with Gasteiger partial charge in [0.2, 0.25) is 0 Å². The number of halogens is 1. The summed E-state index contributed by atoms with van der Waals surface area (Å²) in [6.07, 6.45) is 1.67. The van der Waals surface area contributed by atoms with Crippen molar-refractivity contribution < 1.29 is 13.9 Å². The van der Waals surface area contributed by atoms with Gasteiger partial charge < -0.3 is 4.74 Å². The summed E-state index contributed by atoms with van der Waals surface area (Å²) in [7, 11) is 1.37. The lowest BCUT2D eigenvalue weighted by atomic mass is 10.0. The van der Waals surface area contributed by atoms with Crippen LogP contribution < -0.4 is 0 Å². The van der Waals surface area contributed by atoms with Gasteiger partial charge in [0, 0.05) is 12.5 Å². The first-order valence-corrected chi connectivity index (χ1v) is 4.75. The fraction of sp³-hybridized carbons (Fsp3) is 0.727. The molecule has 0 fully saturated rings. The highest BCUT2D eigenvalue weighted by Crippen LogP contribution is 2.21. The van der Waals surface area contributed by atoms with E-state index in [9.17, 15) is 9.18 Å². The average molecular weight is 202 g/mol. The second-order valence-electron chi connectivity index (χ2n) is 4.25. The molecule has 0 atom stereocenters. The summed E-state index contributed by atoms with van der Waals surface area (Å²) in [5.41, 5.74) is -1.60. The van der Waals surface area contributed by atoms with E-state index in [1.54, 1.807) is 0 Å². The number of hydrogen-bond donors (Lipinski definition) is 0. The van der Waals surface area contributed by atoms with Gasteiger partial charge in [-0.1, -0.05) is 13.8 Å². The van der Waals surface area contributed by atoms with Gasteiger partial charge in [0.05, 0.1) is 7.11 Å². The second kappa shape index (κ2) is 5.13. The van der Waals surface area contributed by atoms with Crippen molar-refractivity contribution in [2.75, 3.05) is 7.11 Å². The van der Waals surface area contributed by atoms with Gasteiger partial charge in [0.25, 0.3) is 0 Å². The van der Waals surface area contributed by atoms with Crippen LogP contribution in [0.3, 0.4) is 0 Å². The normalized spacial score (nSPS) is 13.2. The van der Waals surface area contributed by atoms with E-state index >= 15 is 0 Å². The maximum atomic E-state index is 13.4. The van der Waals surface area contributed by atoms with E-state index < -0.39 is 5.67 Å². The Balaban J connectivity index is 4.53. The van der Waals surface area contributed by atoms with Crippen LogP contribution in [0.15, 0.2) is 11.8 Å². The number of hydrogen-bond acceptors (Lipinski definition) is 2. The Kier molecular flexibility index (Phi) is 4.81. The smallest absolute Gasteiger partial charge is 0.162 e. The van der Waals surface area contributed by atoms with Crippen molar-refractivity contribution in [2.24, 2.45) is 5.92 Å². The molecule has 0 radical (unpaired) electrons. The fourth-order valence-corrected chi connectivity index (χ4v) is 1.08. The lowest BCUT2D eigenvalue weighted by Crippen LogP contribution is -2.18. The Morgan fingerprint density at radius 2 is 2.00 bits per heavy atom. The third kappa shape index (κ3) is 5.00. The average Bonchev–Trinajstić information content (AvgIpc) is 1.96. The van der Waals surface area contributed by atoms with Gasteiger partial charge in [-0.3, -0.25) is 4.79 Å². The van der Waals surface area contributed by atoms with Crippen LogP contribution in [0.1, 0.15) is 34.1 Å². The van der Waals surface area contributed by atoms with Crippen LogP contribution in [0.5, 0.6) is 0 Å². The number of ketones is 1. The minimum Gasteiger partial charge on any atom is -0.498 e. The molecular weight excluding hydrogens is 183 g/mol. The number of methoxy groups -OCH3 is 1. The highest BCUT2D eigenvalue weighted by atomic mass is 19.1. The third-order valence-electron chi connectivity index (χ3n) is 1.71. The summed E-state index contributed by atoms with van der Waals surface area (Å²) in [4.78, 5) is 11.3. The van der Waals surface area contributed by atoms with Gasteiger partial charge in [-0.15, -0.1) is 0 Å². The third-order valence-corrected chi connectivity index (χ3v) is 1.71. The van der Waals surface area contributed by atoms with Gasteiger partial charge >= 0.3 is 0 Å². The molecule has 0 saturated carbocycles. The largest absolute Gasteiger partial charge is 0.498 e. The first kappa shape index (κ1) is 13.1. The van der Waals surface area contributed by atoms with Crippen LogP contribution in [0.25, 0.3) is 0 Å². The maximum Gasteiger partial charge on any atom is 0.162 e. The standard InChI is InChI=1S/C11H19FO2/c1-8(2)6-9(13)7-10(14-5)11(3,4)12/h7-8H,6H2,1-5H3/b10-7-. The molecule has 0 unspecified atom stereocenters. The van der Waals surface area contributed by atoms with E-state index in [0.29, 0.717) is 6.42 Å². The van der Waals surface area contributed by atoms with Crippen LogP contribution in [0.2, 0.25) is 0 Å². The summed E-state index contributed by atoms with van der Waals surface area (Å²) < 4.78 is 18.2. The van der Waals surface area contributed by atoms with Gasteiger partial charge in [0.1, 0.15) is 5.76 Å². The quantitative estimate of drug-likeness (QED) is 0.506. The molecule has 0 bridgehead atoms. The first-order chi connectivity index (χ1) is 6.27. The van der Waals surface area contributed by atoms with E-state index in [4.69, 9.17) is 4.74 Å². The lowest BCUT2D eigenvalue weighted by molar-refractivity contribution is -0.115. The molecular formula is C11H19FO2. The second-order valence-corrected chi connectivity index (χ2v) is 4.25. The monoisotopic (exact) mass is 202 g/mol. The Labute approximate surface area is 85.1 Å². The highest BCUT2D eigenvalue weighted by Gasteiger charge is 2.24. The molecule has 0 aromatic carbocycles. The van der Waals surface area contributed by atoms with Crippen LogP contribution in [0, 0.1) is 5.92 Å². The Bertz CT molecular complexity index is 224. The maximum absolute atomic E-state index is 13.4. The van der Waals surface area contributed by atoms with Crippen molar-refractivity contribution in [3.05, 3.63) is 11.8 Å². The van der Waals surface area contributed by atoms with Crippen molar-refractivity contribution >= 4 is 5.78 Å². The van der Waals surface area contributed by atoms with Gasteiger partial charge in [0.15, 0.2) is 11.5 Å². The lowest BCUT2D eigenvalue weighted by Gasteiger charge is -2.17. The number of rotatable bonds is 5. The van der Waals surface area contributed by atoms with Gasteiger partial charge in [-0.2, -0.15) is 0 Å². The minimum absolute atomic E-state index is 0.0863. The number of alkyl halides is 1. The molecule has 0 spiro atoms. The van der Waals surface area contributed by atoms with E-state index in [2.05, 4.69) is 0 Å². The van der Waals surface area contributed by atoms with Crippen molar-refractivity contribution in [3.8, 4) is 0 Å². The van der Waals surface area contributed by atoms with Crippen molar-refractivity contribution in [3.63, 3.8) is 0 Å². The summed E-state index contributed by atoms with van der Waals surface area (Å²) in [6, 6.07) is 0. The minimum atomic E-state index is -1.60. The SMILES string of the molecule is CO/C(=C\C(=O)CC(C)C)C(C)(C)F. The topological polar surface area (TPSA) is 26.3 Å². The molecule has 0 heterocycles. The molecule has 14 heavy (non-hydrogen) atoms. The van der Waals surface area contributed by atoms with Crippen molar-refractivity contribution in [1.82, 2.24) is 0 Å². The molecule has 3 heteroatoms. The predicted molar refractivity (Wildman–Crippen MR) is 54.7 cm³/mol. The van der Waals surface area contributed by atoms with Crippen molar-refractivity contribution in [2.45, 2.75) is 39.8 Å². The molecule has 0 aliphatic rings. The predicted octanol–water partition coefficient (Wildman–Crippen LogP) is 2.88. The zero-order chi connectivity index (χ0) is 11.4.